The minimum atomic E-state index is -0.0900. The fourth-order valence-corrected chi connectivity index (χ4v) is 5.69. The van der Waals surface area contributed by atoms with Crippen molar-refractivity contribution in [1.29, 1.82) is 0 Å². The van der Waals surface area contributed by atoms with Gasteiger partial charge in [0.1, 0.15) is 5.75 Å². The summed E-state index contributed by atoms with van der Waals surface area (Å²) in [6, 6.07) is 10.5. The number of aliphatic hydroxyl groups is 1. The second-order valence-corrected chi connectivity index (χ2v) is 8.85. The highest BCUT2D eigenvalue weighted by atomic mass is 31.1. The molecule has 0 amide bonds. The van der Waals surface area contributed by atoms with Crippen molar-refractivity contribution in [2.24, 2.45) is 0 Å². The third-order valence-electron chi connectivity index (χ3n) is 5.05. The van der Waals surface area contributed by atoms with E-state index in [1.165, 1.54) is 16.4 Å². The number of aryl methyl sites for hydroxylation is 3. The van der Waals surface area contributed by atoms with Gasteiger partial charge < -0.3 is 10.2 Å². The summed E-state index contributed by atoms with van der Waals surface area (Å²) in [6.07, 6.45) is 3.05. The van der Waals surface area contributed by atoms with Gasteiger partial charge in [-0.1, -0.05) is 70.3 Å². The minimum Gasteiger partial charge on any atom is -0.507 e. The summed E-state index contributed by atoms with van der Waals surface area (Å²) in [7, 11) is 0.521. The zero-order valence-electron chi connectivity index (χ0n) is 16.1. The molecule has 0 aliphatic heterocycles. The zero-order valence-corrected chi connectivity index (χ0v) is 17.1. The molecule has 2 unspecified atom stereocenters. The third kappa shape index (κ3) is 4.25. The molecule has 25 heavy (non-hydrogen) atoms. The summed E-state index contributed by atoms with van der Waals surface area (Å²) < 4.78 is 0. The van der Waals surface area contributed by atoms with E-state index in [2.05, 4.69) is 45.9 Å². The van der Waals surface area contributed by atoms with E-state index in [0.717, 1.165) is 36.0 Å². The van der Waals surface area contributed by atoms with Crippen LogP contribution in [0.2, 0.25) is 0 Å². The maximum atomic E-state index is 10.8. The number of hydrogen-bond donors (Lipinski definition) is 2. The molecule has 2 N–H and O–H groups in total. The molecule has 0 aliphatic rings. The summed E-state index contributed by atoms with van der Waals surface area (Å²) in [5.41, 5.74) is 5.42. The lowest BCUT2D eigenvalue weighted by Gasteiger charge is -2.35. The van der Waals surface area contributed by atoms with Crippen molar-refractivity contribution in [2.75, 3.05) is 0 Å². The Morgan fingerprint density at radius 2 is 1.72 bits per heavy atom. The van der Waals surface area contributed by atoms with E-state index in [0.29, 0.717) is 14.3 Å². The number of hydrogen-bond acceptors (Lipinski definition) is 2. The van der Waals surface area contributed by atoms with E-state index in [9.17, 15) is 10.2 Å². The molecule has 2 atom stereocenters. The van der Waals surface area contributed by atoms with Crippen molar-refractivity contribution in [2.45, 2.75) is 65.6 Å². The molecule has 0 saturated carbocycles. The first kappa shape index (κ1) is 19.9. The van der Waals surface area contributed by atoms with Gasteiger partial charge in [0.25, 0.3) is 0 Å². The van der Waals surface area contributed by atoms with Crippen LogP contribution in [-0.2, 0) is 11.8 Å². The van der Waals surface area contributed by atoms with Gasteiger partial charge in [-0.2, -0.15) is 0 Å². The van der Waals surface area contributed by atoms with Crippen LogP contribution in [0, 0.1) is 20.8 Å². The summed E-state index contributed by atoms with van der Waals surface area (Å²) in [6.45, 7) is 10.7. The maximum absolute atomic E-state index is 10.8. The summed E-state index contributed by atoms with van der Waals surface area (Å²) in [5.74, 6) is 0.437. The van der Waals surface area contributed by atoms with Crippen LogP contribution in [0.4, 0.5) is 0 Å². The van der Waals surface area contributed by atoms with Gasteiger partial charge in [-0.15, -0.1) is 0 Å². The highest BCUT2D eigenvalue weighted by Crippen LogP contribution is 2.51. The van der Waals surface area contributed by atoms with Crippen LogP contribution in [0.25, 0.3) is 0 Å². The lowest BCUT2D eigenvalue weighted by atomic mass is 9.88. The quantitative estimate of drug-likeness (QED) is 0.666. The Bertz CT molecular complexity index is 739. The zero-order chi connectivity index (χ0) is 18.6. The van der Waals surface area contributed by atoms with Crippen LogP contribution in [0.15, 0.2) is 30.3 Å². The van der Waals surface area contributed by atoms with E-state index >= 15 is 0 Å². The first-order valence-electron chi connectivity index (χ1n) is 9.16. The molecule has 0 bridgehead atoms. The summed E-state index contributed by atoms with van der Waals surface area (Å²) in [4.78, 5) is 0. The van der Waals surface area contributed by atoms with E-state index in [4.69, 9.17) is 0 Å². The van der Waals surface area contributed by atoms with Crippen molar-refractivity contribution in [1.82, 2.24) is 0 Å². The molecule has 0 saturated heterocycles. The van der Waals surface area contributed by atoms with E-state index in [1.807, 2.05) is 19.1 Å². The number of aliphatic hydroxyl groups excluding tert-OH is 1. The van der Waals surface area contributed by atoms with Gasteiger partial charge in [-0.25, -0.2) is 0 Å². The fourth-order valence-electron chi connectivity index (χ4n) is 3.67. The van der Waals surface area contributed by atoms with Gasteiger partial charge in [0.15, 0.2) is 0 Å². The number of phenolic OH excluding ortho intramolecular Hbond substituents is 1. The number of rotatable bonds is 7. The molecule has 0 aliphatic carbocycles. The maximum Gasteiger partial charge on any atom is 0.122 e. The van der Waals surface area contributed by atoms with Crippen LogP contribution in [0.3, 0.4) is 0 Å². The monoisotopic (exact) mass is 358 g/mol. The highest BCUT2D eigenvalue weighted by molar-refractivity contribution is 7.48. The molecule has 0 heterocycles. The largest absolute Gasteiger partial charge is 0.507 e. The highest BCUT2D eigenvalue weighted by Gasteiger charge is 2.33. The molecule has 2 rings (SSSR count). The van der Waals surface area contributed by atoms with E-state index in [1.54, 1.807) is 0 Å². The second kappa shape index (κ2) is 8.34. The predicted octanol–water partition coefficient (Wildman–Crippen LogP) is 5.22. The normalized spacial score (nSPS) is 14.2. The van der Waals surface area contributed by atoms with Gasteiger partial charge in [0, 0.05) is 10.7 Å². The first-order chi connectivity index (χ1) is 11.9. The summed E-state index contributed by atoms with van der Waals surface area (Å²) in [5, 5.41) is 21.7. The number of phenols is 1. The molecule has 0 spiro atoms. The number of benzene rings is 2. The minimum absolute atomic E-state index is 0.0629. The van der Waals surface area contributed by atoms with Crippen LogP contribution in [0.1, 0.15) is 60.9 Å². The fraction of sp³-hybridized carbons (Fsp3) is 0.455. The predicted molar refractivity (Wildman–Crippen MR) is 110 cm³/mol. The van der Waals surface area contributed by atoms with Gasteiger partial charge in [0.2, 0.25) is 0 Å². The van der Waals surface area contributed by atoms with Crippen LogP contribution >= 0.6 is 8.58 Å². The van der Waals surface area contributed by atoms with Gasteiger partial charge in [-0.05, 0) is 50.0 Å². The first-order valence-corrected chi connectivity index (χ1v) is 10.2. The molecular formula is C22H31O2P. The molecule has 0 radical (unpaired) electrons. The van der Waals surface area contributed by atoms with Gasteiger partial charge in [-0.3, -0.25) is 0 Å². The van der Waals surface area contributed by atoms with Crippen LogP contribution in [0.5, 0.6) is 5.75 Å². The summed E-state index contributed by atoms with van der Waals surface area (Å²) >= 11 is 0. The Hall–Kier alpha value is -1.37. The van der Waals surface area contributed by atoms with Gasteiger partial charge >= 0.3 is 0 Å². The standard InChI is InChI=1S/C22H31O2P/c1-6-10-22(7-2,19-12-16(4)11-17(5)21(19)24)25-20-13-15(3)8-9-18(20)14-23/h8-9,11-13,23-25H,6-7,10,14H2,1-5H3. The molecule has 3 heteroatoms. The van der Waals surface area contributed by atoms with E-state index < -0.39 is 0 Å². The molecule has 2 aromatic rings. The van der Waals surface area contributed by atoms with Crippen LogP contribution in [-0.4, -0.2) is 10.2 Å². The average Bonchev–Trinajstić information content (AvgIpc) is 2.58. The Kier molecular flexibility index (Phi) is 6.65. The molecule has 0 fully saturated rings. The SMILES string of the molecule is CCCC(CC)(Pc1cc(C)ccc1CO)c1cc(C)cc(C)c1O. The lowest BCUT2D eigenvalue weighted by Crippen LogP contribution is -2.24. The Balaban J connectivity index is 2.62. The number of aromatic hydroxyl groups is 1. The molecule has 136 valence electrons. The lowest BCUT2D eigenvalue weighted by molar-refractivity contribution is 0.283. The smallest absolute Gasteiger partial charge is 0.122 e. The Morgan fingerprint density at radius 1 is 1.00 bits per heavy atom. The average molecular weight is 358 g/mol. The van der Waals surface area contributed by atoms with Gasteiger partial charge in [0.05, 0.1) is 6.61 Å². The molecule has 2 aromatic carbocycles. The van der Waals surface area contributed by atoms with Crippen molar-refractivity contribution in [3.8, 4) is 5.75 Å². The Morgan fingerprint density at radius 3 is 2.32 bits per heavy atom. The molecular weight excluding hydrogens is 327 g/mol. The van der Waals surface area contributed by atoms with E-state index in [-0.39, 0.29) is 11.8 Å². The van der Waals surface area contributed by atoms with Crippen molar-refractivity contribution in [3.63, 3.8) is 0 Å². The van der Waals surface area contributed by atoms with Crippen molar-refractivity contribution in [3.05, 3.63) is 58.1 Å². The van der Waals surface area contributed by atoms with Crippen LogP contribution < -0.4 is 5.30 Å². The second-order valence-electron chi connectivity index (χ2n) is 7.11. The Labute approximate surface area is 154 Å². The molecule has 0 aromatic heterocycles. The van der Waals surface area contributed by atoms with Crippen molar-refractivity contribution >= 4 is 13.9 Å². The topological polar surface area (TPSA) is 40.5 Å². The molecule has 2 nitrogen and oxygen atoms in total. The third-order valence-corrected chi connectivity index (χ3v) is 7.14. The van der Waals surface area contributed by atoms with Crippen molar-refractivity contribution < 1.29 is 10.2 Å².